The fourth-order valence-electron chi connectivity index (χ4n) is 1.84. The summed E-state index contributed by atoms with van der Waals surface area (Å²) in [6.07, 6.45) is 2.14. The molecule has 16 heavy (non-hydrogen) atoms. The monoisotopic (exact) mass is 222 g/mol. The van der Waals surface area contributed by atoms with Gasteiger partial charge in [0.25, 0.3) is 0 Å². The number of aromatic nitrogens is 1. The van der Waals surface area contributed by atoms with E-state index in [1.54, 1.807) is 6.20 Å². The van der Waals surface area contributed by atoms with Gasteiger partial charge in [0.2, 0.25) is 0 Å². The second-order valence-electron chi connectivity index (χ2n) is 4.00. The molecule has 0 saturated carbocycles. The molecule has 0 saturated heterocycles. The smallest absolute Gasteiger partial charge is 0.128 e. The summed E-state index contributed by atoms with van der Waals surface area (Å²) in [5, 5.41) is 9.80. The van der Waals surface area contributed by atoms with E-state index in [0.717, 1.165) is 36.5 Å². The van der Waals surface area contributed by atoms with Gasteiger partial charge in [0, 0.05) is 24.8 Å². The van der Waals surface area contributed by atoms with Gasteiger partial charge in [-0.25, -0.2) is 4.98 Å². The minimum Gasteiger partial charge on any atom is -0.388 e. The van der Waals surface area contributed by atoms with Crippen LogP contribution in [0.15, 0.2) is 12.3 Å². The molecule has 0 fully saturated rings. The standard InChI is InChI=1S/C13H22N2O/c1-5-12(16)11-9-14-13(8-10(11)4)15(6-2)7-3/h8-9,12,16H,5-7H2,1-4H3/t12-/m0/s1. The molecular formula is C13H22N2O. The highest BCUT2D eigenvalue weighted by atomic mass is 16.3. The molecule has 0 radical (unpaired) electrons. The Balaban J connectivity index is 2.98. The molecule has 0 aliphatic rings. The maximum Gasteiger partial charge on any atom is 0.128 e. The molecule has 1 atom stereocenters. The molecule has 1 N–H and O–H groups in total. The third-order valence-corrected chi connectivity index (χ3v) is 2.97. The van der Waals surface area contributed by atoms with Gasteiger partial charge in [-0.2, -0.15) is 0 Å². The average Bonchev–Trinajstić information content (AvgIpc) is 2.30. The van der Waals surface area contributed by atoms with Crippen molar-refractivity contribution < 1.29 is 5.11 Å². The first-order chi connectivity index (χ1) is 7.63. The van der Waals surface area contributed by atoms with E-state index < -0.39 is 6.10 Å². The number of nitrogens with zero attached hydrogens (tertiary/aromatic N) is 2. The highest BCUT2D eigenvalue weighted by molar-refractivity contribution is 5.43. The lowest BCUT2D eigenvalue weighted by Crippen LogP contribution is -2.23. The van der Waals surface area contributed by atoms with Crippen LogP contribution in [0.4, 0.5) is 5.82 Å². The molecule has 0 bridgehead atoms. The molecule has 0 amide bonds. The first kappa shape index (κ1) is 13.0. The summed E-state index contributed by atoms with van der Waals surface area (Å²) < 4.78 is 0. The van der Waals surface area contributed by atoms with Crippen LogP contribution in [-0.2, 0) is 0 Å². The zero-order chi connectivity index (χ0) is 12.1. The SMILES string of the molecule is CC[C@H](O)c1cnc(N(CC)CC)cc1C. The lowest BCUT2D eigenvalue weighted by molar-refractivity contribution is 0.172. The minimum absolute atomic E-state index is 0.391. The van der Waals surface area contributed by atoms with E-state index in [1.807, 2.05) is 13.8 Å². The van der Waals surface area contributed by atoms with Crippen LogP contribution in [0, 0.1) is 6.92 Å². The van der Waals surface area contributed by atoms with Crippen molar-refractivity contribution in [3.8, 4) is 0 Å². The predicted molar refractivity (Wildman–Crippen MR) is 67.8 cm³/mol. The topological polar surface area (TPSA) is 36.4 Å². The molecular weight excluding hydrogens is 200 g/mol. The first-order valence-corrected chi connectivity index (χ1v) is 6.03. The Bertz CT molecular complexity index is 335. The van der Waals surface area contributed by atoms with Gasteiger partial charge in [-0.05, 0) is 38.8 Å². The molecule has 3 heteroatoms. The van der Waals surface area contributed by atoms with Gasteiger partial charge in [0.15, 0.2) is 0 Å². The quantitative estimate of drug-likeness (QED) is 0.832. The highest BCUT2D eigenvalue weighted by Gasteiger charge is 2.11. The van der Waals surface area contributed by atoms with E-state index >= 15 is 0 Å². The van der Waals surface area contributed by atoms with Gasteiger partial charge in [0.05, 0.1) is 6.10 Å². The van der Waals surface area contributed by atoms with Crippen LogP contribution >= 0.6 is 0 Å². The molecule has 0 aliphatic heterocycles. The third-order valence-electron chi connectivity index (χ3n) is 2.97. The van der Waals surface area contributed by atoms with E-state index in [0.29, 0.717) is 0 Å². The van der Waals surface area contributed by atoms with Gasteiger partial charge in [-0.1, -0.05) is 6.92 Å². The Morgan fingerprint density at radius 3 is 2.38 bits per heavy atom. The molecule has 3 nitrogen and oxygen atoms in total. The molecule has 90 valence electrons. The molecule has 0 aromatic carbocycles. The fraction of sp³-hybridized carbons (Fsp3) is 0.615. The minimum atomic E-state index is -0.391. The Morgan fingerprint density at radius 2 is 1.94 bits per heavy atom. The van der Waals surface area contributed by atoms with Crippen LogP contribution in [0.1, 0.15) is 44.4 Å². The molecule has 1 rings (SSSR count). The molecule has 1 heterocycles. The zero-order valence-corrected chi connectivity index (χ0v) is 10.7. The Labute approximate surface area is 98.1 Å². The highest BCUT2D eigenvalue weighted by Crippen LogP contribution is 2.22. The lowest BCUT2D eigenvalue weighted by atomic mass is 10.0. The molecule has 1 aromatic rings. The summed E-state index contributed by atoms with van der Waals surface area (Å²) >= 11 is 0. The van der Waals surface area contributed by atoms with Crippen LogP contribution in [0.3, 0.4) is 0 Å². The van der Waals surface area contributed by atoms with Crippen molar-refractivity contribution in [1.29, 1.82) is 0 Å². The summed E-state index contributed by atoms with van der Waals surface area (Å²) in [5.74, 6) is 0.995. The number of anilines is 1. The van der Waals surface area contributed by atoms with E-state index in [4.69, 9.17) is 0 Å². The molecule has 0 spiro atoms. The van der Waals surface area contributed by atoms with Crippen molar-refractivity contribution in [2.24, 2.45) is 0 Å². The third kappa shape index (κ3) is 2.73. The van der Waals surface area contributed by atoms with Crippen LogP contribution in [0.2, 0.25) is 0 Å². The second kappa shape index (κ2) is 5.85. The summed E-state index contributed by atoms with van der Waals surface area (Å²) in [5.41, 5.74) is 2.06. The fourth-order valence-corrected chi connectivity index (χ4v) is 1.84. The second-order valence-corrected chi connectivity index (χ2v) is 4.00. The van der Waals surface area contributed by atoms with Gasteiger partial charge < -0.3 is 10.0 Å². The number of rotatable bonds is 5. The predicted octanol–water partition coefficient (Wildman–Crippen LogP) is 2.68. The summed E-state index contributed by atoms with van der Waals surface area (Å²) in [7, 11) is 0. The Hall–Kier alpha value is -1.09. The average molecular weight is 222 g/mol. The van der Waals surface area contributed by atoms with Crippen molar-refractivity contribution in [3.05, 3.63) is 23.4 Å². The summed E-state index contributed by atoms with van der Waals surface area (Å²) in [6.45, 7) is 10.2. The zero-order valence-electron chi connectivity index (χ0n) is 10.7. The van der Waals surface area contributed by atoms with E-state index in [2.05, 4.69) is 29.8 Å². The maximum absolute atomic E-state index is 9.80. The van der Waals surface area contributed by atoms with Crippen LogP contribution in [-0.4, -0.2) is 23.2 Å². The normalized spacial score (nSPS) is 12.6. The van der Waals surface area contributed by atoms with Gasteiger partial charge in [0.1, 0.15) is 5.82 Å². The largest absolute Gasteiger partial charge is 0.388 e. The number of aryl methyl sites for hydroxylation is 1. The first-order valence-electron chi connectivity index (χ1n) is 6.03. The van der Waals surface area contributed by atoms with E-state index in [9.17, 15) is 5.11 Å². The van der Waals surface area contributed by atoms with Crippen LogP contribution < -0.4 is 4.90 Å². The Morgan fingerprint density at radius 1 is 1.31 bits per heavy atom. The number of hydrogen-bond donors (Lipinski definition) is 1. The molecule has 1 aromatic heterocycles. The maximum atomic E-state index is 9.80. The van der Waals surface area contributed by atoms with Gasteiger partial charge in [-0.15, -0.1) is 0 Å². The van der Waals surface area contributed by atoms with Crippen molar-refractivity contribution >= 4 is 5.82 Å². The number of hydrogen-bond acceptors (Lipinski definition) is 3. The van der Waals surface area contributed by atoms with Gasteiger partial charge in [-0.3, -0.25) is 0 Å². The van der Waals surface area contributed by atoms with Crippen LogP contribution in [0.25, 0.3) is 0 Å². The van der Waals surface area contributed by atoms with E-state index in [1.165, 1.54) is 0 Å². The lowest BCUT2D eigenvalue weighted by Gasteiger charge is -2.21. The molecule has 0 aliphatic carbocycles. The van der Waals surface area contributed by atoms with Crippen LogP contribution in [0.5, 0.6) is 0 Å². The van der Waals surface area contributed by atoms with Crippen molar-refractivity contribution in [2.45, 2.75) is 40.2 Å². The van der Waals surface area contributed by atoms with Crippen molar-refractivity contribution in [2.75, 3.05) is 18.0 Å². The number of pyridine rings is 1. The number of aliphatic hydroxyl groups is 1. The Kier molecular flexibility index (Phi) is 4.74. The summed E-state index contributed by atoms with van der Waals surface area (Å²) in [4.78, 5) is 6.62. The van der Waals surface area contributed by atoms with Gasteiger partial charge >= 0.3 is 0 Å². The van der Waals surface area contributed by atoms with Crippen molar-refractivity contribution in [3.63, 3.8) is 0 Å². The summed E-state index contributed by atoms with van der Waals surface area (Å²) in [6, 6.07) is 2.06. The van der Waals surface area contributed by atoms with E-state index in [-0.39, 0.29) is 0 Å². The number of aliphatic hydroxyl groups excluding tert-OH is 1. The molecule has 0 unspecified atom stereocenters. The van der Waals surface area contributed by atoms with Crippen molar-refractivity contribution in [1.82, 2.24) is 4.98 Å².